The molecule has 5 heteroatoms. The molecule has 110 valence electrons. The van der Waals surface area contributed by atoms with Crippen LogP contribution in [0.2, 0.25) is 0 Å². The van der Waals surface area contributed by atoms with Crippen LogP contribution >= 0.6 is 0 Å². The average Bonchev–Trinajstić information content (AvgIpc) is 2.88. The van der Waals surface area contributed by atoms with Gasteiger partial charge in [0.05, 0.1) is 18.8 Å². The van der Waals surface area contributed by atoms with Crippen molar-refractivity contribution in [2.45, 2.75) is 45.2 Å². The number of aromatic nitrogens is 2. The van der Waals surface area contributed by atoms with Gasteiger partial charge in [-0.05, 0) is 26.7 Å². The fraction of sp³-hybridized carbons (Fsp3) is 0.600. The van der Waals surface area contributed by atoms with E-state index in [9.17, 15) is 4.79 Å². The van der Waals surface area contributed by atoms with Gasteiger partial charge in [0.1, 0.15) is 5.82 Å². The molecule has 1 aromatic rings. The van der Waals surface area contributed by atoms with Crippen LogP contribution in [-0.4, -0.2) is 34.9 Å². The summed E-state index contributed by atoms with van der Waals surface area (Å²) in [6.45, 7) is 8.96. The molecule has 1 aliphatic rings. The number of anilines is 1. The molecule has 0 radical (unpaired) electrons. The highest BCUT2D eigenvalue weighted by Crippen LogP contribution is 2.31. The maximum Gasteiger partial charge on any atom is 0.228 e. The van der Waals surface area contributed by atoms with Crippen LogP contribution < -0.4 is 4.90 Å². The van der Waals surface area contributed by atoms with Gasteiger partial charge in [0, 0.05) is 25.1 Å². The second kappa shape index (κ2) is 6.70. The molecule has 0 saturated carbocycles. The van der Waals surface area contributed by atoms with Crippen LogP contribution in [0.4, 0.5) is 5.82 Å². The Kier molecular flexibility index (Phi) is 4.95. The number of ether oxygens (including phenoxy) is 1. The van der Waals surface area contributed by atoms with Crippen LogP contribution in [0.25, 0.3) is 0 Å². The molecule has 20 heavy (non-hydrogen) atoms. The largest absolute Gasteiger partial charge is 0.377 e. The van der Waals surface area contributed by atoms with Crippen LogP contribution in [-0.2, 0) is 9.53 Å². The van der Waals surface area contributed by atoms with Crippen molar-refractivity contribution in [2.24, 2.45) is 0 Å². The van der Waals surface area contributed by atoms with Gasteiger partial charge in [-0.25, -0.2) is 4.68 Å². The summed E-state index contributed by atoms with van der Waals surface area (Å²) < 4.78 is 7.25. The second-order valence-corrected chi connectivity index (χ2v) is 5.30. The van der Waals surface area contributed by atoms with Crippen molar-refractivity contribution in [1.29, 1.82) is 0 Å². The van der Waals surface area contributed by atoms with E-state index < -0.39 is 0 Å². The van der Waals surface area contributed by atoms with E-state index >= 15 is 0 Å². The summed E-state index contributed by atoms with van der Waals surface area (Å²) >= 11 is 0. The average molecular weight is 277 g/mol. The van der Waals surface area contributed by atoms with Gasteiger partial charge in [-0.15, -0.1) is 6.58 Å². The number of amides is 1. The summed E-state index contributed by atoms with van der Waals surface area (Å²) in [7, 11) is 0. The summed E-state index contributed by atoms with van der Waals surface area (Å²) in [4.78, 5) is 14.3. The van der Waals surface area contributed by atoms with Gasteiger partial charge in [0.25, 0.3) is 0 Å². The van der Waals surface area contributed by atoms with Crippen molar-refractivity contribution in [1.82, 2.24) is 9.78 Å². The fourth-order valence-corrected chi connectivity index (χ4v) is 2.75. The van der Waals surface area contributed by atoms with Crippen molar-refractivity contribution in [3.8, 4) is 0 Å². The molecular formula is C15H23N3O2. The standard InChI is InChI=1S/C15H23N3O2/c1-4-9-20-10-5-6-15(19)17-12(2)11-13(3)18-14(17)7-8-16-18/h4,7-8,12-13H,1,5-6,9-11H2,2-3H3/t12-,13-/m0/s1. The Balaban J connectivity index is 1.96. The quantitative estimate of drug-likeness (QED) is 0.593. The maximum absolute atomic E-state index is 12.4. The third-order valence-corrected chi connectivity index (χ3v) is 3.62. The van der Waals surface area contributed by atoms with Gasteiger partial charge in [-0.2, -0.15) is 5.10 Å². The van der Waals surface area contributed by atoms with Crippen molar-refractivity contribution < 1.29 is 9.53 Å². The summed E-state index contributed by atoms with van der Waals surface area (Å²) in [5.41, 5.74) is 0. The molecule has 2 atom stereocenters. The van der Waals surface area contributed by atoms with Crippen LogP contribution in [0.3, 0.4) is 0 Å². The molecule has 1 aliphatic heterocycles. The number of carbonyl (C=O) groups is 1. The lowest BCUT2D eigenvalue weighted by molar-refractivity contribution is -0.119. The third kappa shape index (κ3) is 3.10. The zero-order valence-corrected chi connectivity index (χ0v) is 12.3. The summed E-state index contributed by atoms with van der Waals surface area (Å²) in [5, 5.41) is 4.31. The molecule has 0 aliphatic carbocycles. The van der Waals surface area contributed by atoms with E-state index in [-0.39, 0.29) is 11.9 Å². The Labute approximate surface area is 120 Å². The Morgan fingerprint density at radius 1 is 1.55 bits per heavy atom. The number of hydrogen-bond donors (Lipinski definition) is 0. The smallest absolute Gasteiger partial charge is 0.228 e. The normalized spacial score (nSPS) is 21.6. The van der Waals surface area contributed by atoms with E-state index in [1.54, 1.807) is 12.3 Å². The number of carbonyl (C=O) groups excluding carboxylic acids is 1. The lowest BCUT2D eigenvalue weighted by Gasteiger charge is -2.37. The van der Waals surface area contributed by atoms with Crippen molar-refractivity contribution in [3.63, 3.8) is 0 Å². The van der Waals surface area contributed by atoms with Crippen molar-refractivity contribution >= 4 is 11.7 Å². The minimum atomic E-state index is 0.147. The van der Waals surface area contributed by atoms with E-state index in [0.29, 0.717) is 25.7 Å². The number of rotatable bonds is 6. The van der Waals surface area contributed by atoms with Gasteiger partial charge in [0.15, 0.2) is 0 Å². The molecular weight excluding hydrogens is 254 g/mol. The molecule has 2 rings (SSSR count). The Bertz CT molecular complexity index is 469. The van der Waals surface area contributed by atoms with E-state index in [1.165, 1.54) is 0 Å². The first-order chi connectivity index (χ1) is 9.65. The van der Waals surface area contributed by atoms with Crippen molar-refractivity contribution in [2.75, 3.05) is 18.1 Å². The van der Waals surface area contributed by atoms with Gasteiger partial charge in [-0.3, -0.25) is 9.69 Å². The van der Waals surface area contributed by atoms with Gasteiger partial charge in [-0.1, -0.05) is 6.08 Å². The highest BCUT2D eigenvalue weighted by molar-refractivity contribution is 5.93. The lowest BCUT2D eigenvalue weighted by atomic mass is 10.0. The monoisotopic (exact) mass is 277 g/mol. The number of hydrogen-bond acceptors (Lipinski definition) is 3. The molecule has 0 saturated heterocycles. The first-order valence-corrected chi connectivity index (χ1v) is 7.19. The molecule has 0 fully saturated rings. The molecule has 0 bridgehead atoms. The minimum Gasteiger partial charge on any atom is -0.377 e. The molecule has 2 heterocycles. The Morgan fingerprint density at radius 3 is 3.10 bits per heavy atom. The third-order valence-electron chi connectivity index (χ3n) is 3.62. The van der Waals surface area contributed by atoms with Crippen LogP contribution in [0.5, 0.6) is 0 Å². The fourth-order valence-electron chi connectivity index (χ4n) is 2.75. The van der Waals surface area contributed by atoms with Crippen LogP contribution in [0.15, 0.2) is 24.9 Å². The van der Waals surface area contributed by atoms with Crippen LogP contribution in [0.1, 0.15) is 39.2 Å². The molecule has 1 amide bonds. The highest BCUT2D eigenvalue weighted by atomic mass is 16.5. The summed E-state index contributed by atoms with van der Waals surface area (Å²) in [6, 6.07) is 2.48. The van der Waals surface area contributed by atoms with Crippen molar-refractivity contribution in [3.05, 3.63) is 24.9 Å². The topological polar surface area (TPSA) is 47.4 Å². The Hall–Kier alpha value is -1.62. The summed E-state index contributed by atoms with van der Waals surface area (Å²) in [5.74, 6) is 1.06. The maximum atomic E-state index is 12.4. The van der Waals surface area contributed by atoms with Gasteiger partial charge >= 0.3 is 0 Å². The number of fused-ring (bicyclic) bond motifs is 1. The van der Waals surface area contributed by atoms with E-state index in [1.807, 2.05) is 15.6 Å². The summed E-state index contributed by atoms with van der Waals surface area (Å²) in [6.07, 6.45) is 5.65. The SMILES string of the molecule is C=CCOCCCC(=O)N1c2ccnn2[C@@H](C)C[C@@H]1C. The molecule has 5 nitrogen and oxygen atoms in total. The first-order valence-electron chi connectivity index (χ1n) is 7.19. The van der Waals surface area contributed by atoms with Gasteiger partial charge < -0.3 is 4.74 Å². The number of nitrogens with zero attached hydrogens (tertiary/aromatic N) is 3. The molecule has 1 aromatic heterocycles. The van der Waals surface area contributed by atoms with E-state index in [4.69, 9.17) is 4.74 Å². The zero-order valence-electron chi connectivity index (χ0n) is 12.3. The molecule has 0 unspecified atom stereocenters. The van der Waals surface area contributed by atoms with E-state index in [2.05, 4.69) is 25.5 Å². The predicted molar refractivity (Wildman–Crippen MR) is 78.8 cm³/mol. The highest BCUT2D eigenvalue weighted by Gasteiger charge is 2.31. The lowest BCUT2D eigenvalue weighted by Crippen LogP contribution is -2.44. The first kappa shape index (κ1) is 14.8. The second-order valence-electron chi connectivity index (χ2n) is 5.30. The molecule has 0 spiro atoms. The van der Waals surface area contributed by atoms with E-state index in [0.717, 1.165) is 18.7 Å². The Morgan fingerprint density at radius 2 is 2.35 bits per heavy atom. The predicted octanol–water partition coefficient (Wildman–Crippen LogP) is 2.55. The minimum absolute atomic E-state index is 0.147. The van der Waals surface area contributed by atoms with Crippen LogP contribution in [0, 0.1) is 0 Å². The molecule has 0 N–H and O–H groups in total. The molecule has 0 aromatic carbocycles. The zero-order chi connectivity index (χ0) is 14.5. The van der Waals surface area contributed by atoms with Gasteiger partial charge in [0.2, 0.25) is 5.91 Å².